The van der Waals surface area contributed by atoms with E-state index in [1.165, 1.54) is 23.1 Å². The van der Waals surface area contributed by atoms with Crippen LogP contribution in [0.4, 0.5) is 0 Å². The van der Waals surface area contributed by atoms with Crippen molar-refractivity contribution in [3.63, 3.8) is 0 Å². The molecule has 4 rings (SSSR count). The van der Waals surface area contributed by atoms with Crippen molar-refractivity contribution in [2.75, 3.05) is 6.54 Å². The van der Waals surface area contributed by atoms with Crippen molar-refractivity contribution in [2.24, 2.45) is 0 Å². The second-order valence-electron chi connectivity index (χ2n) is 5.81. The topological polar surface area (TPSA) is 3.24 Å². The highest BCUT2D eigenvalue weighted by Crippen LogP contribution is 2.34. The van der Waals surface area contributed by atoms with Crippen molar-refractivity contribution < 1.29 is 0 Å². The fourth-order valence-electron chi connectivity index (χ4n) is 3.38. The molecular weight excluding hydrogens is 286 g/mol. The second kappa shape index (κ2) is 6.07. The molecule has 0 saturated carbocycles. The monoisotopic (exact) mass is 305 g/mol. The van der Waals surface area contributed by atoms with Crippen LogP contribution in [0.1, 0.15) is 27.6 Å². The summed E-state index contributed by atoms with van der Waals surface area (Å²) in [5.41, 5.74) is 4.27. The molecule has 2 heterocycles. The Morgan fingerprint density at radius 2 is 1.45 bits per heavy atom. The molecule has 0 spiro atoms. The molecule has 0 radical (unpaired) electrons. The molecule has 1 nitrogen and oxygen atoms in total. The summed E-state index contributed by atoms with van der Waals surface area (Å²) in [5.74, 6) is 0. The number of hydrogen-bond acceptors (Lipinski definition) is 2. The van der Waals surface area contributed by atoms with Gasteiger partial charge in [-0.3, -0.25) is 4.90 Å². The molecule has 0 aliphatic carbocycles. The van der Waals surface area contributed by atoms with Gasteiger partial charge in [-0.25, -0.2) is 0 Å². The molecule has 0 bridgehead atoms. The molecule has 0 fully saturated rings. The normalized spacial score (nSPS) is 15.0. The third-order valence-electron chi connectivity index (χ3n) is 4.43. The third-order valence-corrected chi connectivity index (χ3v) is 5.46. The van der Waals surface area contributed by atoms with Gasteiger partial charge in [0.2, 0.25) is 0 Å². The van der Waals surface area contributed by atoms with Gasteiger partial charge in [0.1, 0.15) is 0 Å². The van der Waals surface area contributed by atoms with E-state index in [-0.39, 0.29) is 0 Å². The first-order valence-corrected chi connectivity index (χ1v) is 8.69. The third kappa shape index (κ3) is 2.60. The van der Waals surface area contributed by atoms with Crippen LogP contribution in [0.25, 0.3) is 0 Å². The zero-order valence-corrected chi connectivity index (χ0v) is 13.3. The van der Waals surface area contributed by atoms with Crippen molar-refractivity contribution in [1.82, 2.24) is 4.90 Å². The van der Waals surface area contributed by atoms with E-state index in [9.17, 15) is 0 Å². The highest BCUT2D eigenvalue weighted by atomic mass is 32.1. The fourth-order valence-corrected chi connectivity index (χ4v) is 4.27. The zero-order chi connectivity index (χ0) is 14.8. The molecule has 2 aromatic carbocycles. The molecule has 0 N–H and O–H groups in total. The van der Waals surface area contributed by atoms with Crippen LogP contribution < -0.4 is 0 Å². The summed E-state index contributed by atoms with van der Waals surface area (Å²) in [7, 11) is 0. The average Bonchev–Trinajstić information content (AvgIpc) is 3.05. The maximum absolute atomic E-state index is 2.61. The van der Waals surface area contributed by atoms with E-state index >= 15 is 0 Å². The Labute approximate surface area is 135 Å². The van der Waals surface area contributed by atoms with Crippen LogP contribution in [0.5, 0.6) is 0 Å². The van der Waals surface area contributed by atoms with Gasteiger partial charge in [-0.1, -0.05) is 60.7 Å². The Kier molecular flexibility index (Phi) is 3.79. The lowest BCUT2D eigenvalue weighted by atomic mass is 9.95. The maximum Gasteiger partial charge on any atom is 0.0604 e. The standard InChI is InChI=1S/C20H19NS/c1-3-7-16(8-4-1)20(17-9-5-2-6-10-17)21-13-11-19-18(15-21)12-14-22-19/h1-10,12,14,20H,11,13,15H2. The number of rotatable bonds is 3. The van der Waals surface area contributed by atoms with Crippen LogP contribution in [0.2, 0.25) is 0 Å². The quantitative estimate of drug-likeness (QED) is 0.665. The van der Waals surface area contributed by atoms with Gasteiger partial charge in [-0.2, -0.15) is 0 Å². The largest absolute Gasteiger partial charge is 0.288 e. The average molecular weight is 305 g/mol. The summed E-state index contributed by atoms with van der Waals surface area (Å²) in [6.45, 7) is 2.18. The molecule has 1 aliphatic heterocycles. The minimum atomic E-state index is 0.343. The predicted molar refractivity (Wildman–Crippen MR) is 93.2 cm³/mol. The lowest BCUT2D eigenvalue weighted by molar-refractivity contribution is 0.208. The van der Waals surface area contributed by atoms with Crippen molar-refractivity contribution >= 4 is 11.3 Å². The molecule has 22 heavy (non-hydrogen) atoms. The highest BCUT2D eigenvalue weighted by molar-refractivity contribution is 7.10. The molecule has 110 valence electrons. The summed E-state index contributed by atoms with van der Waals surface area (Å²) in [6, 6.07) is 24.4. The van der Waals surface area contributed by atoms with Gasteiger partial charge in [0, 0.05) is 18.0 Å². The van der Waals surface area contributed by atoms with Gasteiger partial charge in [-0.15, -0.1) is 11.3 Å². The van der Waals surface area contributed by atoms with E-state index in [1.54, 1.807) is 4.88 Å². The van der Waals surface area contributed by atoms with E-state index in [1.807, 2.05) is 11.3 Å². The van der Waals surface area contributed by atoms with Gasteiger partial charge in [0.25, 0.3) is 0 Å². The van der Waals surface area contributed by atoms with Gasteiger partial charge in [0.05, 0.1) is 6.04 Å². The first-order chi connectivity index (χ1) is 10.9. The first kappa shape index (κ1) is 13.7. The van der Waals surface area contributed by atoms with E-state index in [0.717, 1.165) is 13.1 Å². The number of nitrogens with zero attached hydrogens (tertiary/aromatic N) is 1. The van der Waals surface area contributed by atoms with E-state index < -0.39 is 0 Å². The maximum atomic E-state index is 2.61. The van der Waals surface area contributed by atoms with Gasteiger partial charge in [-0.05, 0) is 34.6 Å². The Morgan fingerprint density at radius 3 is 2.09 bits per heavy atom. The number of hydrogen-bond donors (Lipinski definition) is 0. The van der Waals surface area contributed by atoms with Gasteiger partial charge < -0.3 is 0 Å². The van der Waals surface area contributed by atoms with E-state index in [2.05, 4.69) is 77.0 Å². The molecule has 0 amide bonds. The Bertz CT molecular complexity index is 693. The molecule has 1 aliphatic rings. The lowest BCUT2D eigenvalue weighted by Crippen LogP contribution is -2.34. The van der Waals surface area contributed by atoms with Crippen LogP contribution in [-0.2, 0) is 13.0 Å². The van der Waals surface area contributed by atoms with Crippen LogP contribution >= 0.6 is 11.3 Å². The van der Waals surface area contributed by atoms with E-state index in [0.29, 0.717) is 6.04 Å². The summed E-state index contributed by atoms with van der Waals surface area (Å²) in [4.78, 5) is 4.18. The van der Waals surface area contributed by atoms with Gasteiger partial charge >= 0.3 is 0 Å². The first-order valence-electron chi connectivity index (χ1n) is 7.81. The second-order valence-corrected chi connectivity index (χ2v) is 6.81. The van der Waals surface area contributed by atoms with E-state index in [4.69, 9.17) is 0 Å². The molecule has 1 aromatic heterocycles. The number of thiophene rings is 1. The molecule has 3 aromatic rings. The molecule has 0 unspecified atom stereocenters. The minimum absolute atomic E-state index is 0.343. The minimum Gasteiger partial charge on any atom is -0.288 e. The molecular formula is C20H19NS. The lowest BCUT2D eigenvalue weighted by Gasteiger charge is -2.35. The predicted octanol–water partition coefficient (Wildman–Crippen LogP) is 4.90. The number of benzene rings is 2. The summed E-state index contributed by atoms with van der Waals surface area (Å²) in [6.07, 6.45) is 1.17. The van der Waals surface area contributed by atoms with Gasteiger partial charge in [0.15, 0.2) is 0 Å². The van der Waals surface area contributed by atoms with Crippen LogP contribution in [0.3, 0.4) is 0 Å². The zero-order valence-electron chi connectivity index (χ0n) is 12.5. The van der Waals surface area contributed by atoms with Crippen molar-refractivity contribution in [1.29, 1.82) is 0 Å². The highest BCUT2D eigenvalue weighted by Gasteiger charge is 2.26. The smallest absolute Gasteiger partial charge is 0.0604 e. The fraction of sp³-hybridized carbons (Fsp3) is 0.200. The van der Waals surface area contributed by atoms with Crippen molar-refractivity contribution in [2.45, 2.75) is 19.0 Å². The van der Waals surface area contributed by atoms with Crippen molar-refractivity contribution in [3.8, 4) is 0 Å². The Hall–Kier alpha value is -1.90. The summed E-state index contributed by atoms with van der Waals surface area (Å²) in [5, 5.41) is 2.23. The number of fused-ring (bicyclic) bond motifs is 1. The summed E-state index contributed by atoms with van der Waals surface area (Å²) >= 11 is 1.90. The Balaban J connectivity index is 1.72. The SMILES string of the molecule is c1ccc(C(c2ccccc2)N2CCc3sccc3C2)cc1. The molecule has 0 saturated heterocycles. The van der Waals surface area contributed by atoms with Crippen LogP contribution in [0, 0.1) is 0 Å². The van der Waals surface area contributed by atoms with Crippen LogP contribution in [-0.4, -0.2) is 11.4 Å². The Morgan fingerprint density at radius 1 is 0.818 bits per heavy atom. The van der Waals surface area contributed by atoms with Crippen LogP contribution in [0.15, 0.2) is 72.1 Å². The molecule has 2 heteroatoms. The van der Waals surface area contributed by atoms with Crippen molar-refractivity contribution in [3.05, 3.63) is 93.7 Å². The summed E-state index contributed by atoms with van der Waals surface area (Å²) < 4.78 is 0. The molecule has 0 atom stereocenters.